The third-order valence-corrected chi connectivity index (χ3v) is 4.24. The van der Waals surface area contributed by atoms with E-state index in [1.165, 1.54) is 7.05 Å². The largest absolute Gasteiger partial charge is 0.368 e. The number of benzene rings is 1. The van der Waals surface area contributed by atoms with E-state index in [0.717, 1.165) is 13.1 Å². The van der Waals surface area contributed by atoms with Gasteiger partial charge in [0.2, 0.25) is 0 Å². The zero-order valence-corrected chi connectivity index (χ0v) is 14.6. The predicted octanol–water partition coefficient (Wildman–Crippen LogP) is 1.83. The van der Waals surface area contributed by atoms with Crippen LogP contribution in [0.15, 0.2) is 18.2 Å². The van der Waals surface area contributed by atoms with E-state index in [2.05, 4.69) is 16.0 Å². The second-order valence-electron chi connectivity index (χ2n) is 5.18. The summed E-state index contributed by atoms with van der Waals surface area (Å²) < 4.78 is 5.48. The molecule has 1 aliphatic heterocycles. The summed E-state index contributed by atoms with van der Waals surface area (Å²) in [5.74, 6) is -0.508. The number of nitrogens with one attached hydrogen (secondary N) is 3. The fourth-order valence-electron chi connectivity index (χ4n) is 2.51. The average molecular weight is 362 g/mol. The maximum Gasteiger partial charge on any atom is 0.256 e. The summed E-state index contributed by atoms with van der Waals surface area (Å²) >= 11 is 6.00. The monoisotopic (exact) mass is 361 g/mol. The molecule has 0 spiro atoms. The van der Waals surface area contributed by atoms with Crippen LogP contribution in [0.2, 0.25) is 5.02 Å². The topological polar surface area (TPSA) is 79.5 Å². The van der Waals surface area contributed by atoms with E-state index in [1.807, 2.05) is 0 Å². The van der Waals surface area contributed by atoms with Gasteiger partial charge in [-0.25, -0.2) is 0 Å². The van der Waals surface area contributed by atoms with Crippen molar-refractivity contribution in [2.75, 3.05) is 32.6 Å². The molecule has 1 saturated heterocycles. The maximum atomic E-state index is 12.6. The fraction of sp³-hybridized carbons (Fsp3) is 0.467. The van der Waals surface area contributed by atoms with E-state index in [0.29, 0.717) is 29.1 Å². The van der Waals surface area contributed by atoms with E-state index in [4.69, 9.17) is 16.3 Å². The number of amides is 2. The van der Waals surface area contributed by atoms with Crippen molar-refractivity contribution in [3.8, 4) is 0 Å². The van der Waals surface area contributed by atoms with Crippen molar-refractivity contribution in [2.24, 2.45) is 0 Å². The smallest absolute Gasteiger partial charge is 0.256 e. The van der Waals surface area contributed by atoms with Gasteiger partial charge < -0.3 is 20.7 Å². The second-order valence-corrected chi connectivity index (χ2v) is 5.58. The first-order valence-electron chi connectivity index (χ1n) is 7.11. The summed E-state index contributed by atoms with van der Waals surface area (Å²) in [6.45, 7) is 1.46. The van der Waals surface area contributed by atoms with E-state index in [1.54, 1.807) is 25.3 Å². The quantitative estimate of drug-likeness (QED) is 0.764. The van der Waals surface area contributed by atoms with Gasteiger partial charge in [-0.2, -0.15) is 0 Å². The van der Waals surface area contributed by atoms with Crippen molar-refractivity contribution in [2.45, 2.75) is 18.4 Å². The third-order valence-electron chi connectivity index (χ3n) is 3.91. The molecule has 0 atom stereocenters. The summed E-state index contributed by atoms with van der Waals surface area (Å²) in [6.07, 6.45) is 1.20. The first-order valence-corrected chi connectivity index (χ1v) is 7.49. The Morgan fingerprint density at radius 2 is 1.96 bits per heavy atom. The van der Waals surface area contributed by atoms with E-state index < -0.39 is 5.60 Å². The number of ether oxygens (including phenoxy) is 1. The lowest BCUT2D eigenvalue weighted by atomic mass is 9.91. The van der Waals surface area contributed by atoms with E-state index in [-0.39, 0.29) is 24.2 Å². The van der Waals surface area contributed by atoms with Gasteiger partial charge in [0.05, 0.1) is 10.6 Å². The van der Waals surface area contributed by atoms with Gasteiger partial charge in [-0.1, -0.05) is 11.6 Å². The van der Waals surface area contributed by atoms with Gasteiger partial charge >= 0.3 is 0 Å². The number of halogens is 2. The van der Waals surface area contributed by atoms with Gasteiger partial charge in [-0.3, -0.25) is 9.59 Å². The Bertz CT molecular complexity index is 575. The Labute approximate surface area is 146 Å². The van der Waals surface area contributed by atoms with Crippen molar-refractivity contribution in [3.63, 3.8) is 0 Å². The number of carbonyl (C=O) groups is 2. The first kappa shape index (κ1) is 19.7. The summed E-state index contributed by atoms with van der Waals surface area (Å²) in [6, 6.07) is 4.81. The molecule has 0 aliphatic carbocycles. The molecule has 2 rings (SSSR count). The molecule has 3 N–H and O–H groups in total. The number of carbonyl (C=O) groups excluding carboxylic acids is 2. The fourth-order valence-corrected chi connectivity index (χ4v) is 2.71. The molecule has 1 aliphatic rings. The number of hydrogen-bond acceptors (Lipinski definition) is 4. The lowest BCUT2D eigenvalue weighted by molar-refractivity contribution is -0.140. The molecule has 1 aromatic carbocycles. The standard InChI is InChI=1S/C15H20ClN3O3.ClH/c1-17-13(20)11-9-10(3-4-12(11)16)19-14(21)15(22-2)5-7-18-8-6-15;/h3-4,9,18H,5-8H2,1-2H3,(H,17,20)(H,19,21);1H. The normalized spacial score (nSPS) is 16.1. The van der Waals surface area contributed by atoms with Crippen LogP contribution in [0.4, 0.5) is 5.69 Å². The molecule has 23 heavy (non-hydrogen) atoms. The molecule has 0 saturated carbocycles. The number of piperidine rings is 1. The molecule has 0 aromatic heterocycles. The van der Waals surface area contributed by atoms with Gasteiger partial charge in [0, 0.05) is 19.8 Å². The summed E-state index contributed by atoms with van der Waals surface area (Å²) in [5.41, 5.74) is -0.000344. The van der Waals surface area contributed by atoms with Gasteiger partial charge in [-0.05, 0) is 44.1 Å². The van der Waals surface area contributed by atoms with Crippen LogP contribution < -0.4 is 16.0 Å². The Kier molecular flexibility index (Phi) is 7.28. The SMILES string of the molecule is CNC(=O)c1cc(NC(=O)C2(OC)CCNCC2)ccc1Cl.Cl. The van der Waals surface area contributed by atoms with Crippen molar-refractivity contribution in [1.82, 2.24) is 10.6 Å². The molecule has 8 heteroatoms. The third kappa shape index (κ3) is 4.35. The molecule has 1 fully saturated rings. The molecule has 1 aromatic rings. The van der Waals surface area contributed by atoms with Gasteiger partial charge in [0.25, 0.3) is 11.8 Å². The Morgan fingerprint density at radius 1 is 1.30 bits per heavy atom. The molecule has 0 bridgehead atoms. The van der Waals surface area contributed by atoms with Crippen LogP contribution in [0.1, 0.15) is 23.2 Å². The minimum absolute atomic E-state index is 0. The van der Waals surface area contributed by atoms with Crippen LogP contribution in [0.25, 0.3) is 0 Å². The summed E-state index contributed by atoms with van der Waals surface area (Å²) in [5, 5.41) is 8.87. The minimum atomic E-state index is -0.835. The van der Waals surface area contributed by atoms with Gasteiger partial charge in [0.1, 0.15) is 5.60 Å². The van der Waals surface area contributed by atoms with Crippen LogP contribution in [0.3, 0.4) is 0 Å². The molecule has 0 unspecified atom stereocenters. The lowest BCUT2D eigenvalue weighted by Crippen LogP contribution is -2.51. The van der Waals surface area contributed by atoms with Gasteiger partial charge in [-0.15, -0.1) is 12.4 Å². The molecule has 2 amide bonds. The highest BCUT2D eigenvalue weighted by molar-refractivity contribution is 6.34. The average Bonchev–Trinajstić information content (AvgIpc) is 2.56. The number of anilines is 1. The van der Waals surface area contributed by atoms with Gasteiger partial charge in [0.15, 0.2) is 0 Å². The van der Waals surface area contributed by atoms with E-state index >= 15 is 0 Å². The molecule has 0 radical (unpaired) electrons. The van der Waals surface area contributed by atoms with Crippen LogP contribution >= 0.6 is 24.0 Å². The second kappa shape index (κ2) is 8.49. The zero-order valence-electron chi connectivity index (χ0n) is 13.1. The summed E-state index contributed by atoms with van der Waals surface area (Å²) in [4.78, 5) is 24.3. The van der Waals surface area contributed by atoms with Crippen LogP contribution in [-0.4, -0.2) is 44.7 Å². The molecule has 128 valence electrons. The predicted molar refractivity (Wildman–Crippen MR) is 92.6 cm³/mol. The van der Waals surface area contributed by atoms with E-state index in [9.17, 15) is 9.59 Å². The number of methoxy groups -OCH3 is 1. The molecular weight excluding hydrogens is 341 g/mol. The zero-order chi connectivity index (χ0) is 16.2. The molecule has 6 nitrogen and oxygen atoms in total. The lowest BCUT2D eigenvalue weighted by Gasteiger charge is -2.34. The Hall–Kier alpha value is -1.34. The minimum Gasteiger partial charge on any atom is -0.368 e. The Balaban J connectivity index is 0.00000264. The molecular formula is C15H21Cl2N3O3. The molecule has 1 heterocycles. The first-order chi connectivity index (χ1) is 10.5. The van der Waals surface area contributed by atoms with Crippen molar-refractivity contribution < 1.29 is 14.3 Å². The van der Waals surface area contributed by atoms with Crippen LogP contribution in [0.5, 0.6) is 0 Å². The maximum absolute atomic E-state index is 12.6. The van der Waals surface area contributed by atoms with Crippen LogP contribution in [-0.2, 0) is 9.53 Å². The van der Waals surface area contributed by atoms with Crippen molar-refractivity contribution in [3.05, 3.63) is 28.8 Å². The highest BCUT2D eigenvalue weighted by Crippen LogP contribution is 2.26. The number of rotatable bonds is 4. The summed E-state index contributed by atoms with van der Waals surface area (Å²) in [7, 11) is 3.07. The highest BCUT2D eigenvalue weighted by atomic mass is 35.5. The Morgan fingerprint density at radius 3 is 2.52 bits per heavy atom. The number of hydrogen-bond donors (Lipinski definition) is 3. The van der Waals surface area contributed by atoms with Crippen LogP contribution in [0, 0.1) is 0 Å². The van der Waals surface area contributed by atoms with Crippen molar-refractivity contribution >= 4 is 41.5 Å². The highest BCUT2D eigenvalue weighted by Gasteiger charge is 2.39. The van der Waals surface area contributed by atoms with Crippen molar-refractivity contribution in [1.29, 1.82) is 0 Å².